The molecule has 8 nitrogen and oxygen atoms in total. The van der Waals surface area contributed by atoms with E-state index in [2.05, 4.69) is 4.72 Å². The van der Waals surface area contributed by atoms with Crippen molar-refractivity contribution in [1.29, 1.82) is 0 Å². The van der Waals surface area contributed by atoms with E-state index in [0.717, 1.165) is 11.0 Å². The van der Waals surface area contributed by atoms with E-state index in [9.17, 15) is 16.8 Å². The van der Waals surface area contributed by atoms with E-state index in [1.165, 1.54) is 28.6 Å². The molecule has 1 aliphatic rings. The lowest BCUT2D eigenvalue weighted by Crippen LogP contribution is -2.40. The Morgan fingerprint density at radius 2 is 1.77 bits per heavy atom. The molecule has 162 valence electrons. The smallest absolute Gasteiger partial charge is 0.255 e. The van der Waals surface area contributed by atoms with Crippen LogP contribution in [0.15, 0.2) is 58.8 Å². The van der Waals surface area contributed by atoms with Gasteiger partial charge < -0.3 is 9.47 Å². The van der Waals surface area contributed by atoms with Gasteiger partial charge in [-0.25, -0.2) is 16.8 Å². The summed E-state index contributed by atoms with van der Waals surface area (Å²) in [6.45, 7) is 3.18. The van der Waals surface area contributed by atoms with Gasteiger partial charge in [-0.3, -0.25) is 4.72 Å². The van der Waals surface area contributed by atoms with Crippen molar-refractivity contribution >= 4 is 31.8 Å². The van der Waals surface area contributed by atoms with Crippen LogP contribution >= 0.6 is 0 Å². The zero-order chi connectivity index (χ0) is 21.6. The maximum Gasteiger partial charge on any atom is 0.255 e. The summed E-state index contributed by atoms with van der Waals surface area (Å²) >= 11 is 0. The molecule has 0 bridgehead atoms. The van der Waals surface area contributed by atoms with E-state index in [-0.39, 0.29) is 29.4 Å². The quantitative estimate of drug-likeness (QED) is 0.660. The van der Waals surface area contributed by atoms with Gasteiger partial charge in [-0.15, -0.1) is 0 Å². The molecule has 1 saturated heterocycles. The van der Waals surface area contributed by atoms with Crippen molar-refractivity contribution in [1.82, 2.24) is 4.31 Å². The van der Waals surface area contributed by atoms with Gasteiger partial charge in [0.05, 0.1) is 35.8 Å². The molecule has 1 heterocycles. The molecule has 3 rings (SSSR count). The molecular weight excluding hydrogens is 428 g/mol. The number of benzene rings is 2. The number of anilines is 1. The van der Waals surface area contributed by atoms with Crippen LogP contribution in [0.25, 0.3) is 6.08 Å². The first-order valence-corrected chi connectivity index (χ1v) is 12.4. The first kappa shape index (κ1) is 22.3. The van der Waals surface area contributed by atoms with E-state index in [1.54, 1.807) is 31.2 Å². The largest absolute Gasteiger partial charge is 0.492 e. The Morgan fingerprint density at radius 1 is 1.07 bits per heavy atom. The van der Waals surface area contributed by atoms with Crippen LogP contribution in [0, 0.1) is 0 Å². The Morgan fingerprint density at radius 3 is 2.43 bits per heavy atom. The highest BCUT2D eigenvalue weighted by molar-refractivity contribution is 7.95. The predicted octanol–water partition coefficient (Wildman–Crippen LogP) is 2.52. The molecule has 30 heavy (non-hydrogen) atoms. The highest BCUT2D eigenvalue weighted by Gasteiger charge is 2.27. The van der Waals surface area contributed by atoms with Gasteiger partial charge in [0, 0.05) is 13.1 Å². The summed E-state index contributed by atoms with van der Waals surface area (Å²) in [5.41, 5.74) is 0.778. The van der Waals surface area contributed by atoms with Gasteiger partial charge in [0.2, 0.25) is 10.0 Å². The number of hydrogen-bond donors (Lipinski definition) is 1. The summed E-state index contributed by atoms with van der Waals surface area (Å²) in [7, 11) is -7.68. The van der Waals surface area contributed by atoms with E-state index in [1.807, 2.05) is 6.07 Å². The van der Waals surface area contributed by atoms with Gasteiger partial charge in [-0.1, -0.05) is 30.3 Å². The van der Waals surface area contributed by atoms with Gasteiger partial charge in [0.1, 0.15) is 5.75 Å². The van der Waals surface area contributed by atoms with Crippen molar-refractivity contribution in [3.05, 3.63) is 59.5 Å². The van der Waals surface area contributed by atoms with E-state index in [0.29, 0.717) is 19.8 Å². The average molecular weight is 453 g/mol. The number of ether oxygens (including phenoxy) is 2. The SMILES string of the molecule is CCOc1ccc(S(=O)(=O)N2CCOCC2)cc1NS(=O)(=O)/C=C/c1ccccc1. The fourth-order valence-corrected chi connectivity index (χ4v) is 5.19. The highest BCUT2D eigenvalue weighted by Crippen LogP contribution is 2.30. The summed E-state index contributed by atoms with van der Waals surface area (Å²) in [5, 5.41) is 1.03. The van der Waals surface area contributed by atoms with Crippen LogP contribution in [0.4, 0.5) is 5.69 Å². The Balaban J connectivity index is 1.90. The van der Waals surface area contributed by atoms with Gasteiger partial charge in [0.15, 0.2) is 0 Å². The normalized spacial score (nSPS) is 15.9. The summed E-state index contributed by atoms with van der Waals surface area (Å²) in [5.74, 6) is 0.245. The Kier molecular flexibility index (Phi) is 7.14. The molecule has 0 aromatic heterocycles. The fourth-order valence-electron chi connectivity index (χ4n) is 2.89. The molecule has 0 saturated carbocycles. The van der Waals surface area contributed by atoms with Crippen LogP contribution in [-0.4, -0.2) is 54.1 Å². The number of morpholine rings is 1. The molecule has 1 fully saturated rings. The fraction of sp³-hybridized carbons (Fsp3) is 0.300. The summed E-state index contributed by atoms with van der Waals surface area (Å²) in [6, 6.07) is 13.1. The Labute approximate surface area is 177 Å². The Hall–Kier alpha value is -2.40. The van der Waals surface area contributed by atoms with Crippen LogP contribution in [0.2, 0.25) is 0 Å². The van der Waals surface area contributed by atoms with Crippen LogP contribution in [0.5, 0.6) is 5.75 Å². The van der Waals surface area contributed by atoms with Crippen LogP contribution in [0.3, 0.4) is 0 Å². The molecule has 0 radical (unpaired) electrons. The molecule has 2 aromatic rings. The Bertz CT molecular complexity index is 1090. The van der Waals surface area contributed by atoms with Crippen LogP contribution in [-0.2, 0) is 24.8 Å². The van der Waals surface area contributed by atoms with Gasteiger partial charge in [-0.05, 0) is 36.8 Å². The lowest BCUT2D eigenvalue weighted by atomic mass is 10.2. The summed E-state index contributed by atoms with van der Waals surface area (Å²) in [6.07, 6.45) is 1.46. The molecule has 0 unspecified atom stereocenters. The van der Waals surface area contributed by atoms with Gasteiger partial charge in [-0.2, -0.15) is 4.31 Å². The highest BCUT2D eigenvalue weighted by atomic mass is 32.2. The van der Waals surface area contributed by atoms with Gasteiger partial charge >= 0.3 is 0 Å². The maximum absolute atomic E-state index is 12.9. The molecule has 1 N–H and O–H groups in total. The number of hydrogen-bond acceptors (Lipinski definition) is 6. The second kappa shape index (κ2) is 9.61. The molecule has 2 aromatic carbocycles. The van der Waals surface area contributed by atoms with E-state index >= 15 is 0 Å². The third kappa shape index (κ3) is 5.60. The minimum atomic E-state index is -3.90. The zero-order valence-electron chi connectivity index (χ0n) is 16.5. The van der Waals surface area contributed by atoms with Crippen LogP contribution < -0.4 is 9.46 Å². The van der Waals surface area contributed by atoms with Crippen LogP contribution in [0.1, 0.15) is 12.5 Å². The monoisotopic (exact) mass is 452 g/mol. The summed E-state index contributed by atoms with van der Waals surface area (Å²) < 4.78 is 65.4. The molecule has 0 atom stereocenters. The summed E-state index contributed by atoms with van der Waals surface area (Å²) in [4.78, 5) is -0.0161. The lowest BCUT2D eigenvalue weighted by molar-refractivity contribution is 0.0730. The molecule has 10 heteroatoms. The third-order valence-corrected chi connectivity index (χ3v) is 7.24. The van der Waals surface area contributed by atoms with Crippen molar-refractivity contribution in [2.75, 3.05) is 37.6 Å². The number of nitrogens with zero attached hydrogens (tertiary/aromatic N) is 1. The predicted molar refractivity (Wildman–Crippen MR) is 115 cm³/mol. The third-order valence-electron chi connectivity index (χ3n) is 4.35. The first-order valence-electron chi connectivity index (χ1n) is 9.42. The minimum Gasteiger partial charge on any atom is -0.492 e. The lowest BCUT2D eigenvalue weighted by Gasteiger charge is -2.26. The minimum absolute atomic E-state index is 0.0161. The second-order valence-electron chi connectivity index (χ2n) is 6.47. The average Bonchev–Trinajstić information content (AvgIpc) is 2.75. The topological polar surface area (TPSA) is 102 Å². The number of sulfonamides is 2. The molecule has 1 aliphatic heterocycles. The number of nitrogens with one attached hydrogen (secondary N) is 1. The number of rotatable bonds is 8. The first-order chi connectivity index (χ1) is 14.3. The molecular formula is C20H24N2O6S2. The van der Waals surface area contributed by atoms with E-state index < -0.39 is 20.0 Å². The second-order valence-corrected chi connectivity index (χ2v) is 9.97. The van der Waals surface area contributed by atoms with E-state index in [4.69, 9.17) is 9.47 Å². The van der Waals surface area contributed by atoms with Gasteiger partial charge in [0.25, 0.3) is 10.0 Å². The van der Waals surface area contributed by atoms with Crippen molar-refractivity contribution in [2.24, 2.45) is 0 Å². The molecule has 0 aliphatic carbocycles. The van der Waals surface area contributed by atoms with Crippen molar-refractivity contribution < 1.29 is 26.3 Å². The standard InChI is InChI=1S/C20H24N2O6S2/c1-2-28-20-9-8-18(30(25,26)22-11-13-27-14-12-22)16-19(20)21-29(23,24)15-10-17-6-4-3-5-7-17/h3-10,15-16,21H,2,11-14H2,1H3/b15-10+. The molecule has 0 amide bonds. The maximum atomic E-state index is 12.9. The van der Waals surface area contributed by atoms with Crippen molar-refractivity contribution in [3.8, 4) is 5.75 Å². The zero-order valence-corrected chi connectivity index (χ0v) is 18.2. The van der Waals surface area contributed by atoms with Crippen molar-refractivity contribution in [2.45, 2.75) is 11.8 Å². The molecule has 0 spiro atoms. The van der Waals surface area contributed by atoms with Crippen molar-refractivity contribution in [3.63, 3.8) is 0 Å².